The van der Waals surface area contributed by atoms with Gasteiger partial charge >= 0.3 is 0 Å². The summed E-state index contributed by atoms with van der Waals surface area (Å²) in [6.07, 6.45) is 12.6. The Labute approximate surface area is 61.9 Å². The lowest BCUT2D eigenvalue weighted by Gasteiger charge is -1.98. The first-order valence-electron chi connectivity index (χ1n) is 3.65. The van der Waals surface area contributed by atoms with Gasteiger partial charge in [-0.2, -0.15) is 0 Å². The van der Waals surface area contributed by atoms with Gasteiger partial charge in [0.1, 0.15) is 0 Å². The van der Waals surface area contributed by atoms with E-state index in [0.717, 1.165) is 19.4 Å². The minimum absolute atomic E-state index is 0.757. The van der Waals surface area contributed by atoms with Gasteiger partial charge in [-0.25, -0.2) is 0 Å². The smallest absolute Gasteiger partial charge is 0.00397 e. The molecule has 0 spiro atoms. The SMILES string of the molecule is NCCC1=CC=CC=CC1. The highest BCUT2D eigenvalue weighted by Crippen LogP contribution is 2.09. The Balaban J connectivity index is 2.50. The molecule has 0 bridgehead atoms. The number of hydrogen-bond donors (Lipinski definition) is 1. The summed E-state index contributed by atoms with van der Waals surface area (Å²) in [5.74, 6) is 0. The van der Waals surface area contributed by atoms with Crippen LogP contribution in [-0.4, -0.2) is 6.54 Å². The van der Waals surface area contributed by atoms with E-state index in [0.29, 0.717) is 0 Å². The van der Waals surface area contributed by atoms with Crippen LogP contribution in [0, 0.1) is 0 Å². The van der Waals surface area contributed by atoms with Crippen LogP contribution < -0.4 is 5.73 Å². The highest BCUT2D eigenvalue weighted by atomic mass is 14.5. The molecule has 0 aromatic heterocycles. The highest BCUT2D eigenvalue weighted by molar-refractivity contribution is 5.23. The Kier molecular flexibility index (Phi) is 2.97. The molecule has 54 valence electrons. The standard InChI is InChI=1S/C9H13N/c10-8-7-9-5-3-1-2-4-6-9/h1-5H,6-8,10H2. The fraction of sp³-hybridized carbons (Fsp3) is 0.333. The summed E-state index contributed by atoms with van der Waals surface area (Å²) < 4.78 is 0. The molecule has 1 nitrogen and oxygen atoms in total. The second-order valence-electron chi connectivity index (χ2n) is 2.38. The zero-order valence-electron chi connectivity index (χ0n) is 6.09. The quantitative estimate of drug-likeness (QED) is 0.613. The molecule has 1 heteroatoms. The summed E-state index contributed by atoms with van der Waals surface area (Å²) >= 11 is 0. The normalized spacial score (nSPS) is 16.7. The van der Waals surface area contributed by atoms with Crippen molar-refractivity contribution in [3.8, 4) is 0 Å². The highest BCUT2D eigenvalue weighted by Gasteiger charge is 1.92. The average Bonchev–Trinajstić information content (AvgIpc) is 2.17. The maximum absolute atomic E-state index is 5.42. The molecule has 0 aromatic rings. The van der Waals surface area contributed by atoms with Crippen molar-refractivity contribution in [2.24, 2.45) is 5.73 Å². The van der Waals surface area contributed by atoms with E-state index in [4.69, 9.17) is 5.73 Å². The summed E-state index contributed by atoms with van der Waals surface area (Å²) in [5.41, 5.74) is 6.84. The lowest BCUT2D eigenvalue weighted by Crippen LogP contribution is -1.99. The van der Waals surface area contributed by atoms with Gasteiger partial charge < -0.3 is 5.73 Å². The molecule has 0 heterocycles. The van der Waals surface area contributed by atoms with Crippen LogP contribution in [-0.2, 0) is 0 Å². The molecule has 0 unspecified atom stereocenters. The molecule has 1 aliphatic rings. The minimum atomic E-state index is 0.757. The van der Waals surface area contributed by atoms with E-state index in [-0.39, 0.29) is 0 Å². The van der Waals surface area contributed by atoms with Crippen molar-refractivity contribution in [2.45, 2.75) is 12.8 Å². The molecule has 1 rings (SSSR count). The summed E-state index contributed by atoms with van der Waals surface area (Å²) in [6.45, 7) is 0.757. The van der Waals surface area contributed by atoms with E-state index in [1.54, 1.807) is 0 Å². The van der Waals surface area contributed by atoms with Gasteiger partial charge in [0.05, 0.1) is 0 Å². The van der Waals surface area contributed by atoms with Crippen molar-refractivity contribution in [3.05, 3.63) is 36.0 Å². The number of allylic oxidation sites excluding steroid dienone is 5. The summed E-state index contributed by atoms with van der Waals surface area (Å²) in [4.78, 5) is 0. The van der Waals surface area contributed by atoms with Crippen LogP contribution in [0.2, 0.25) is 0 Å². The first-order valence-corrected chi connectivity index (χ1v) is 3.65. The van der Waals surface area contributed by atoms with Crippen LogP contribution >= 0.6 is 0 Å². The lowest BCUT2D eigenvalue weighted by atomic mass is 10.1. The van der Waals surface area contributed by atoms with Crippen molar-refractivity contribution < 1.29 is 0 Å². The second-order valence-corrected chi connectivity index (χ2v) is 2.38. The minimum Gasteiger partial charge on any atom is -0.330 e. The van der Waals surface area contributed by atoms with Crippen LogP contribution in [0.4, 0.5) is 0 Å². The number of hydrogen-bond acceptors (Lipinski definition) is 1. The summed E-state index contributed by atoms with van der Waals surface area (Å²) in [6, 6.07) is 0. The van der Waals surface area contributed by atoms with Crippen LogP contribution in [0.5, 0.6) is 0 Å². The molecule has 0 radical (unpaired) electrons. The van der Waals surface area contributed by atoms with Crippen molar-refractivity contribution in [2.75, 3.05) is 6.54 Å². The lowest BCUT2D eigenvalue weighted by molar-refractivity contribution is 0.921. The molecule has 1 aliphatic carbocycles. The third kappa shape index (κ3) is 2.19. The van der Waals surface area contributed by atoms with E-state index in [2.05, 4.69) is 24.3 Å². The van der Waals surface area contributed by atoms with Gasteiger partial charge in [-0.05, 0) is 19.4 Å². The summed E-state index contributed by atoms with van der Waals surface area (Å²) in [7, 11) is 0. The van der Waals surface area contributed by atoms with Crippen LogP contribution in [0.1, 0.15) is 12.8 Å². The molecule has 0 fully saturated rings. The first kappa shape index (κ1) is 7.29. The largest absolute Gasteiger partial charge is 0.330 e. The fourth-order valence-corrected chi connectivity index (χ4v) is 0.993. The monoisotopic (exact) mass is 135 g/mol. The molecule has 0 aromatic carbocycles. The first-order chi connectivity index (χ1) is 4.93. The number of rotatable bonds is 2. The predicted octanol–water partition coefficient (Wildman–Crippen LogP) is 1.78. The molecule has 2 N–H and O–H groups in total. The van der Waals surface area contributed by atoms with E-state index >= 15 is 0 Å². The maximum atomic E-state index is 5.42. The van der Waals surface area contributed by atoms with Gasteiger partial charge in [0, 0.05) is 0 Å². The zero-order valence-corrected chi connectivity index (χ0v) is 6.09. The van der Waals surface area contributed by atoms with E-state index in [9.17, 15) is 0 Å². The molecular weight excluding hydrogens is 122 g/mol. The van der Waals surface area contributed by atoms with Gasteiger partial charge in [0.15, 0.2) is 0 Å². The van der Waals surface area contributed by atoms with E-state index in [1.807, 2.05) is 6.08 Å². The molecule has 0 aliphatic heterocycles. The average molecular weight is 135 g/mol. The zero-order chi connectivity index (χ0) is 7.23. The van der Waals surface area contributed by atoms with E-state index < -0.39 is 0 Å². The molecule has 0 atom stereocenters. The van der Waals surface area contributed by atoms with Crippen LogP contribution in [0.3, 0.4) is 0 Å². The maximum Gasteiger partial charge on any atom is -0.00397 e. The fourth-order valence-electron chi connectivity index (χ4n) is 0.993. The van der Waals surface area contributed by atoms with Gasteiger partial charge in [-0.1, -0.05) is 36.0 Å². The van der Waals surface area contributed by atoms with Crippen molar-refractivity contribution >= 4 is 0 Å². The topological polar surface area (TPSA) is 26.0 Å². The third-order valence-corrected chi connectivity index (χ3v) is 1.54. The second kappa shape index (κ2) is 4.07. The van der Waals surface area contributed by atoms with Gasteiger partial charge in [0.25, 0.3) is 0 Å². The Morgan fingerprint density at radius 1 is 1.30 bits per heavy atom. The van der Waals surface area contributed by atoms with Gasteiger partial charge in [0.2, 0.25) is 0 Å². The van der Waals surface area contributed by atoms with Crippen LogP contribution in [0.25, 0.3) is 0 Å². The molecule has 0 saturated carbocycles. The molecule has 0 saturated heterocycles. The van der Waals surface area contributed by atoms with Crippen LogP contribution in [0.15, 0.2) is 36.0 Å². The van der Waals surface area contributed by atoms with Gasteiger partial charge in [-0.15, -0.1) is 0 Å². The van der Waals surface area contributed by atoms with Crippen molar-refractivity contribution in [1.29, 1.82) is 0 Å². The Bertz CT molecular complexity index is 175. The van der Waals surface area contributed by atoms with Crippen molar-refractivity contribution in [1.82, 2.24) is 0 Å². The molecule has 0 amide bonds. The molecule has 10 heavy (non-hydrogen) atoms. The Morgan fingerprint density at radius 2 is 2.20 bits per heavy atom. The Morgan fingerprint density at radius 3 is 3.00 bits per heavy atom. The molecular formula is C9H13N. The number of nitrogens with two attached hydrogens (primary N) is 1. The van der Waals surface area contributed by atoms with E-state index in [1.165, 1.54) is 5.57 Å². The van der Waals surface area contributed by atoms with Crippen molar-refractivity contribution in [3.63, 3.8) is 0 Å². The summed E-state index contributed by atoms with van der Waals surface area (Å²) in [5, 5.41) is 0. The Hall–Kier alpha value is -0.820. The predicted molar refractivity (Wildman–Crippen MR) is 44.7 cm³/mol. The van der Waals surface area contributed by atoms with Gasteiger partial charge in [-0.3, -0.25) is 0 Å². The third-order valence-electron chi connectivity index (χ3n) is 1.54.